The van der Waals surface area contributed by atoms with Gasteiger partial charge in [-0.05, 0) is 43.3 Å². The third kappa shape index (κ3) is 6.59. The first-order valence-corrected chi connectivity index (χ1v) is 13.1. The number of hydrogen-bond acceptors (Lipinski definition) is 7. The summed E-state index contributed by atoms with van der Waals surface area (Å²) in [5.41, 5.74) is 3.31. The predicted molar refractivity (Wildman–Crippen MR) is 152 cm³/mol. The molecule has 8 nitrogen and oxygen atoms in total. The Morgan fingerprint density at radius 2 is 2.03 bits per heavy atom. The molecule has 0 aliphatic rings. The second-order valence-electron chi connectivity index (χ2n) is 7.88. The molecule has 0 saturated heterocycles. The molecule has 0 aliphatic carbocycles. The van der Waals surface area contributed by atoms with E-state index >= 15 is 0 Å². The molecule has 10 heteroatoms. The molecule has 0 saturated carbocycles. The molecule has 1 amide bonds. The Balaban J connectivity index is 1.67. The van der Waals surface area contributed by atoms with E-state index in [0.29, 0.717) is 62.0 Å². The molecule has 0 fully saturated rings. The number of anilines is 3. The fourth-order valence-corrected chi connectivity index (χ4v) is 4.04. The molecule has 2 heterocycles. The summed E-state index contributed by atoms with van der Waals surface area (Å²) in [7, 11) is 0. The summed E-state index contributed by atoms with van der Waals surface area (Å²) in [5.74, 6) is 0.670. The molecule has 38 heavy (non-hydrogen) atoms. The minimum absolute atomic E-state index is 0.280. The van der Waals surface area contributed by atoms with E-state index in [4.69, 9.17) is 21.1 Å². The average Bonchev–Trinajstić information content (AvgIpc) is 2.93. The third-order valence-corrected chi connectivity index (χ3v) is 5.98. The van der Waals surface area contributed by atoms with Crippen LogP contribution in [0.1, 0.15) is 18.2 Å². The Bertz CT molecular complexity index is 1520. The van der Waals surface area contributed by atoms with Gasteiger partial charge in [0.25, 0.3) is 0 Å². The van der Waals surface area contributed by atoms with Crippen molar-refractivity contribution in [3.8, 4) is 17.6 Å². The SMILES string of the molecule is CCOc1cc2ncc(C#N)c(Nc3ccc(OCc4ccccn4)c(Cl)c3)c2cc1NC(=O)C=CCBr. The molecular weight excluding hydrogens is 570 g/mol. The Hall–Kier alpha value is -4.13. The summed E-state index contributed by atoms with van der Waals surface area (Å²) >= 11 is 9.76. The highest BCUT2D eigenvalue weighted by Gasteiger charge is 2.16. The van der Waals surface area contributed by atoms with Crippen LogP contribution in [0, 0.1) is 11.3 Å². The van der Waals surface area contributed by atoms with Crippen LogP contribution in [0.5, 0.6) is 11.5 Å². The number of benzene rings is 2. The van der Waals surface area contributed by atoms with E-state index in [2.05, 4.69) is 42.6 Å². The van der Waals surface area contributed by atoms with Gasteiger partial charge in [-0.2, -0.15) is 5.26 Å². The number of hydrogen-bond donors (Lipinski definition) is 2. The van der Waals surface area contributed by atoms with Gasteiger partial charge in [0.05, 0.1) is 39.8 Å². The topological polar surface area (TPSA) is 109 Å². The molecule has 4 rings (SSSR count). The van der Waals surface area contributed by atoms with Crippen LogP contribution in [-0.4, -0.2) is 27.8 Å². The number of amides is 1. The lowest BCUT2D eigenvalue weighted by atomic mass is 10.1. The number of carbonyl (C=O) groups is 1. The van der Waals surface area contributed by atoms with E-state index in [0.717, 1.165) is 5.69 Å². The van der Waals surface area contributed by atoms with E-state index in [1.54, 1.807) is 42.6 Å². The summed E-state index contributed by atoms with van der Waals surface area (Å²) in [6.07, 6.45) is 6.31. The normalized spacial score (nSPS) is 10.8. The molecule has 2 N–H and O–H groups in total. The second-order valence-corrected chi connectivity index (χ2v) is 8.94. The highest BCUT2D eigenvalue weighted by molar-refractivity contribution is 9.09. The number of alkyl halides is 1. The summed E-state index contributed by atoms with van der Waals surface area (Å²) in [4.78, 5) is 21.1. The van der Waals surface area contributed by atoms with Gasteiger partial charge in [-0.3, -0.25) is 14.8 Å². The molecular formula is C28H23BrClN5O3. The number of ether oxygens (including phenoxy) is 2. The Morgan fingerprint density at radius 3 is 2.74 bits per heavy atom. The van der Waals surface area contributed by atoms with Crippen molar-refractivity contribution in [1.29, 1.82) is 5.26 Å². The number of nitrogens with zero attached hydrogens (tertiary/aromatic N) is 3. The first kappa shape index (κ1) is 26.9. The van der Waals surface area contributed by atoms with Crippen molar-refractivity contribution in [3.63, 3.8) is 0 Å². The average molecular weight is 593 g/mol. The Kier molecular flexibility index (Phi) is 9.14. The molecule has 0 bridgehead atoms. The van der Waals surface area contributed by atoms with Crippen molar-refractivity contribution in [3.05, 3.63) is 89.4 Å². The minimum atomic E-state index is -0.309. The van der Waals surface area contributed by atoms with E-state index in [1.165, 1.54) is 12.3 Å². The van der Waals surface area contributed by atoms with Crippen LogP contribution in [0.25, 0.3) is 10.9 Å². The third-order valence-electron chi connectivity index (χ3n) is 5.31. The second kappa shape index (κ2) is 12.9. The van der Waals surface area contributed by atoms with Crippen LogP contribution in [0.15, 0.2) is 73.1 Å². The minimum Gasteiger partial charge on any atom is -0.492 e. The van der Waals surface area contributed by atoms with Crippen molar-refractivity contribution in [2.24, 2.45) is 0 Å². The molecule has 4 aromatic rings. The number of nitrogens with one attached hydrogen (secondary N) is 2. The molecule has 0 radical (unpaired) electrons. The van der Waals surface area contributed by atoms with Crippen LogP contribution in [-0.2, 0) is 11.4 Å². The summed E-state index contributed by atoms with van der Waals surface area (Å²) in [5, 5.41) is 17.5. The summed E-state index contributed by atoms with van der Waals surface area (Å²) in [6.45, 7) is 2.54. The highest BCUT2D eigenvalue weighted by Crippen LogP contribution is 2.37. The van der Waals surface area contributed by atoms with Gasteiger partial charge in [-0.15, -0.1) is 0 Å². The number of nitriles is 1. The van der Waals surface area contributed by atoms with Crippen LogP contribution in [0.2, 0.25) is 5.02 Å². The fraction of sp³-hybridized carbons (Fsp3) is 0.143. The number of aromatic nitrogens is 2. The molecule has 2 aromatic carbocycles. The summed E-state index contributed by atoms with van der Waals surface area (Å²) in [6, 6.07) is 16.5. The number of carbonyl (C=O) groups excluding carboxylic acids is 1. The maximum absolute atomic E-state index is 12.4. The van der Waals surface area contributed by atoms with Crippen molar-refractivity contribution < 1.29 is 14.3 Å². The van der Waals surface area contributed by atoms with E-state index < -0.39 is 0 Å². The zero-order valence-corrected chi connectivity index (χ0v) is 22.7. The molecule has 0 aliphatic heterocycles. The lowest BCUT2D eigenvalue weighted by Gasteiger charge is -2.16. The molecule has 0 atom stereocenters. The number of allylic oxidation sites excluding steroid dienone is 1. The first-order valence-electron chi connectivity index (χ1n) is 11.6. The molecule has 2 aromatic heterocycles. The van der Waals surface area contributed by atoms with Gasteiger partial charge >= 0.3 is 0 Å². The van der Waals surface area contributed by atoms with Crippen molar-refractivity contribution in [1.82, 2.24) is 9.97 Å². The number of halogens is 2. The maximum Gasteiger partial charge on any atom is 0.248 e. The van der Waals surface area contributed by atoms with Crippen LogP contribution in [0.3, 0.4) is 0 Å². The Morgan fingerprint density at radius 1 is 1.16 bits per heavy atom. The predicted octanol–water partition coefficient (Wildman–Crippen LogP) is 6.77. The lowest BCUT2D eigenvalue weighted by molar-refractivity contribution is -0.111. The van der Waals surface area contributed by atoms with Gasteiger partial charge in [0.1, 0.15) is 24.2 Å². The fourth-order valence-electron chi connectivity index (χ4n) is 3.61. The van der Waals surface area contributed by atoms with Gasteiger partial charge in [-0.25, -0.2) is 0 Å². The molecule has 0 spiro atoms. The number of fused-ring (bicyclic) bond motifs is 1. The quantitative estimate of drug-likeness (QED) is 0.155. The van der Waals surface area contributed by atoms with Crippen LogP contribution < -0.4 is 20.1 Å². The van der Waals surface area contributed by atoms with Gasteiger partial charge in [0, 0.05) is 40.9 Å². The van der Waals surface area contributed by atoms with Gasteiger partial charge < -0.3 is 20.1 Å². The zero-order chi connectivity index (χ0) is 26.9. The molecule has 192 valence electrons. The number of rotatable bonds is 10. The van der Waals surface area contributed by atoms with E-state index in [9.17, 15) is 10.1 Å². The smallest absolute Gasteiger partial charge is 0.248 e. The van der Waals surface area contributed by atoms with Crippen molar-refractivity contribution >= 4 is 61.4 Å². The zero-order valence-electron chi connectivity index (χ0n) is 20.4. The van der Waals surface area contributed by atoms with Gasteiger partial charge in [0.15, 0.2) is 0 Å². The summed E-state index contributed by atoms with van der Waals surface area (Å²) < 4.78 is 11.6. The standard InChI is InChI=1S/C28H23BrClN5O3/c1-2-37-26-14-23-21(13-24(26)35-27(36)7-5-10-29)28(18(15-31)16-33-23)34-19-8-9-25(22(30)12-19)38-17-20-6-3-4-11-32-20/h3-9,11-14,16H,2,10,17H2,1H3,(H,33,34)(H,35,36). The van der Waals surface area contributed by atoms with Crippen molar-refractivity contribution in [2.45, 2.75) is 13.5 Å². The largest absolute Gasteiger partial charge is 0.492 e. The van der Waals surface area contributed by atoms with Gasteiger partial charge in [0.2, 0.25) is 5.91 Å². The maximum atomic E-state index is 12.4. The first-order chi connectivity index (χ1) is 18.5. The molecule has 0 unspecified atom stereocenters. The van der Waals surface area contributed by atoms with Crippen molar-refractivity contribution in [2.75, 3.05) is 22.6 Å². The van der Waals surface area contributed by atoms with E-state index in [1.807, 2.05) is 25.1 Å². The number of pyridine rings is 2. The Labute approximate surface area is 233 Å². The van der Waals surface area contributed by atoms with Gasteiger partial charge in [-0.1, -0.05) is 39.7 Å². The highest BCUT2D eigenvalue weighted by atomic mass is 79.9. The van der Waals surface area contributed by atoms with Crippen LogP contribution in [0.4, 0.5) is 17.1 Å². The van der Waals surface area contributed by atoms with Crippen LogP contribution >= 0.6 is 27.5 Å². The lowest BCUT2D eigenvalue weighted by Crippen LogP contribution is -2.10. The monoisotopic (exact) mass is 591 g/mol. The van der Waals surface area contributed by atoms with E-state index in [-0.39, 0.29) is 12.5 Å².